The number of esters is 1. The molecule has 20 heavy (non-hydrogen) atoms. The second-order valence-electron chi connectivity index (χ2n) is 5.92. The third-order valence-corrected chi connectivity index (χ3v) is 4.12. The van der Waals surface area contributed by atoms with Gasteiger partial charge >= 0.3 is 5.97 Å². The van der Waals surface area contributed by atoms with Crippen molar-refractivity contribution in [3.05, 3.63) is 12.2 Å². The molecule has 4 nitrogen and oxygen atoms in total. The molecule has 0 bridgehead atoms. The molecule has 1 aliphatic heterocycles. The van der Waals surface area contributed by atoms with E-state index in [0.29, 0.717) is 6.42 Å². The average Bonchev–Trinajstić information content (AvgIpc) is 2.81. The second-order valence-corrected chi connectivity index (χ2v) is 5.92. The van der Waals surface area contributed by atoms with Crippen LogP contribution in [0.1, 0.15) is 46.5 Å². The second kappa shape index (κ2) is 7.79. The summed E-state index contributed by atoms with van der Waals surface area (Å²) in [4.78, 5) is 14.6. The lowest BCUT2D eigenvalue weighted by Crippen LogP contribution is -2.47. The summed E-state index contributed by atoms with van der Waals surface area (Å²) >= 11 is 0. The van der Waals surface area contributed by atoms with Crippen molar-refractivity contribution < 1.29 is 14.6 Å². The quantitative estimate of drug-likeness (QED) is 0.575. The van der Waals surface area contributed by atoms with Crippen molar-refractivity contribution in [2.45, 2.75) is 58.2 Å². The molecule has 1 fully saturated rings. The van der Waals surface area contributed by atoms with Gasteiger partial charge in [0.05, 0.1) is 0 Å². The summed E-state index contributed by atoms with van der Waals surface area (Å²) in [5.41, 5.74) is -1.40. The molecule has 0 amide bonds. The van der Waals surface area contributed by atoms with Gasteiger partial charge in [-0.3, -0.25) is 0 Å². The number of carbonyl (C=O) groups excluding carboxylic acids is 1. The van der Waals surface area contributed by atoms with Crippen LogP contribution in [-0.2, 0) is 9.53 Å². The number of nitrogens with zero attached hydrogens (tertiary/aromatic N) is 1. The maximum atomic E-state index is 12.4. The Kier molecular flexibility index (Phi) is 6.69. The monoisotopic (exact) mass is 283 g/mol. The molecular weight excluding hydrogens is 254 g/mol. The van der Waals surface area contributed by atoms with Crippen LogP contribution in [0.2, 0.25) is 0 Å². The summed E-state index contributed by atoms with van der Waals surface area (Å²) < 4.78 is 5.55. The minimum absolute atomic E-state index is 0.0848. The third kappa shape index (κ3) is 4.32. The highest BCUT2D eigenvalue weighted by Crippen LogP contribution is 2.28. The molecule has 116 valence electrons. The Balaban J connectivity index is 2.72. The maximum Gasteiger partial charge on any atom is 0.339 e. The number of carbonyl (C=O) groups is 1. The van der Waals surface area contributed by atoms with Crippen LogP contribution in [0.4, 0.5) is 0 Å². The van der Waals surface area contributed by atoms with Crippen LogP contribution in [0.3, 0.4) is 0 Å². The van der Waals surface area contributed by atoms with E-state index >= 15 is 0 Å². The molecule has 0 aromatic rings. The molecule has 0 aromatic heterocycles. The van der Waals surface area contributed by atoms with Gasteiger partial charge in [-0.1, -0.05) is 38.8 Å². The van der Waals surface area contributed by atoms with Crippen molar-refractivity contribution in [2.75, 3.05) is 20.1 Å². The van der Waals surface area contributed by atoms with Gasteiger partial charge in [0.15, 0.2) is 5.60 Å². The Labute approximate surface area is 122 Å². The third-order valence-electron chi connectivity index (χ3n) is 4.12. The Hall–Kier alpha value is -0.870. The van der Waals surface area contributed by atoms with Crippen LogP contribution in [0.25, 0.3) is 0 Å². The van der Waals surface area contributed by atoms with E-state index in [1.807, 2.05) is 33.0 Å². The number of rotatable bonds is 7. The topological polar surface area (TPSA) is 49.8 Å². The van der Waals surface area contributed by atoms with Crippen molar-refractivity contribution in [1.29, 1.82) is 0 Å². The first-order valence-corrected chi connectivity index (χ1v) is 7.68. The summed E-state index contributed by atoms with van der Waals surface area (Å²) in [5.74, 6) is -0.692. The first-order valence-electron chi connectivity index (χ1n) is 7.68. The highest BCUT2D eigenvalue weighted by atomic mass is 16.6. The molecule has 1 heterocycles. The van der Waals surface area contributed by atoms with E-state index < -0.39 is 11.6 Å². The maximum absolute atomic E-state index is 12.4. The summed E-state index contributed by atoms with van der Waals surface area (Å²) in [5, 5.41) is 10.8. The van der Waals surface area contributed by atoms with Gasteiger partial charge < -0.3 is 14.7 Å². The summed E-state index contributed by atoms with van der Waals surface area (Å²) in [6.07, 6.45) is 6.73. The van der Waals surface area contributed by atoms with E-state index in [1.165, 1.54) is 0 Å². The zero-order valence-corrected chi connectivity index (χ0v) is 13.3. The van der Waals surface area contributed by atoms with Crippen LogP contribution in [-0.4, -0.2) is 47.8 Å². The first-order chi connectivity index (χ1) is 9.43. The number of unbranched alkanes of at least 4 members (excludes halogenated alkanes) is 1. The van der Waals surface area contributed by atoms with Crippen molar-refractivity contribution in [3.63, 3.8) is 0 Å². The predicted molar refractivity (Wildman–Crippen MR) is 80.4 cm³/mol. The predicted octanol–water partition coefficient (Wildman–Crippen LogP) is 2.37. The van der Waals surface area contributed by atoms with Crippen LogP contribution >= 0.6 is 0 Å². The van der Waals surface area contributed by atoms with Gasteiger partial charge in [0, 0.05) is 19.0 Å². The van der Waals surface area contributed by atoms with Gasteiger partial charge in [-0.05, 0) is 26.8 Å². The first kappa shape index (κ1) is 17.2. The van der Waals surface area contributed by atoms with Crippen LogP contribution in [0.5, 0.6) is 0 Å². The van der Waals surface area contributed by atoms with E-state index in [0.717, 1.165) is 32.4 Å². The fourth-order valence-corrected chi connectivity index (χ4v) is 2.65. The minimum Gasteiger partial charge on any atom is -0.459 e. The molecule has 0 saturated carbocycles. The van der Waals surface area contributed by atoms with Gasteiger partial charge in [0.1, 0.15) is 6.10 Å². The lowest BCUT2D eigenvalue weighted by Gasteiger charge is -2.31. The highest BCUT2D eigenvalue weighted by molar-refractivity contribution is 5.80. The smallest absolute Gasteiger partial charge is 0.339 e. The van der Waals surface area contributed by atoms with E-state index in [4.69, 9.17) is 4.74 Å². The van der Waals surface area contributed by atoms with Crippen molar-refractivity contribution in [3.8, 4) is 0 Å². The highest BCUT2D eigenvalue weighted by Gasteiger charge is 2.42. The lowest BCUT2D eigenvalue weighted by molar-refractivity contribution is -0.175. The lowest BCUT2D eigenvalue weighted by atomic mass is 9.84. The SMILES string of the molecule is C/C=C\C(C)C(O)(CCCC)C(=O)OC1CCN(C)C1. The Morgan fingerprint density at radius 1 is 1.60 bits per heavy atom. The molecule has 0 radical (unpaired) electrons. The molecule has 1 saturated heterocycles. The molecule has 3 unspecified atom stereocenters. The molecule has 1 rings (SSSR count). The summed E-state index contributed by atoms with van der Waals surface area (Å²) in [6, 6.07) is 0. The van der Waals surface area contributed by atoms with Gasteiger partial charge in [-0.2, -0.15) is 0 Å². The van der Waals surface area contributed by atoms with Crippen molar-refractivity contribution >= 4 is 5.97 Å². The number of hydrogen-bond donors (Lipinski definition) is 1. The largest absolute Gasteiger partial charge is 0.459 e. The van der Waals surface area contributed by atoms with Crippen LogP contribution in [0.15, 0.2) is 12.2 Å². The molecule has 0 spiro atoms. The number of likely N-dealkylation sites (N-methyl/N-ethyl adjacent to an activating group) is 1. The van der Waals surface area contributed by atoms with Gasteiger partial charge in [0.25, 0.3) is 0 Å². The summed E-state index contributed by atoms with van der Waals surface area (Å²) in [7, 11) is 2.01. The molecule has 3 atom stereocenters. The van der Waals surface area contributed by atoms with E-state index in [2.05, 4.69) is 11.8 Å². The Morgan fingerprint density at radius 2 is 2.30 bits per heavy atom. The number of allylic oxidation sites excluding steroid dienone is 1. The number of likely N-dealkylation sites (tertiary alicyclic amines) is 1. The van der Waals surface area contributed by atoms with Gasteiger partial charge in [-0.25, -0.2) is 4.79 Å². The number of hydrogen-bond acceptors (Lipinski definition) is 4. The molecule has 4 heteroatoms. The fraction of sp³-hybridized carbons (Fsp3) is 0.812. The van der Waals surface area contributed by atoms with Gasteiger partial charge in [0.2, 0.25) is 0 Å². The van der Waals surface area contributed by atoms with Crippen molar-refractivity contribution in [2.24, 2.45) is 5.92 Å². The zero-order valence-electron chi connectivity index (χ0n) is 13.3. The van der Waals surface area contributed by atoms with Crippen LogP contribution < -0.4 is 0 Å². The minimum atomic E-state index is -1.40. The molecule has 1 aliphatic rings. The number of ether oxygens (including phenoxy) is 1. The molecular formula is C16H29NO3. The number of aliphatic hydroxyl groups is 1. The van der Waals surface area contributed by atoms with E-state index in [9.17, 15) is 9.90 Å². The van der Waals surface area contributed by atoms with E-state index in [1.54, 1.807) is 0 Å². The zero-order chi connectivity index (χ0) is 15.2. The normalized spacial score (nSPS) is 24.8. The molecule has 1 N–H and O–H groups in total. The van der Waals surface area contributed by atoms with Crippen LogP contribution in [0, 0.1) is 5.92 Å². The van der Waals surface area contributed by atoms with Gasteiger partial charge in [-0.15, -0.1) is 0 Å². The van der Waals surface area contributed by atoms with E-state index in [-0.39, 0.29) is 12.0 Å². The Bertz CT molecular complexity index is 343. The standard InChI is InChI=1S/C16H29NO3/c1-5-7-10-16(19,13(3)8-6-2)15(18)20-14-9-11-17(4)12-14/h6,8,13-14,19H,5,7,9-12H2,1-4H3/b8-6-. The van der Waals surface area contributed by atoms with Crippen molar-refractivity contribution in [1.82, 2.24) is 4.90 Å². The molecule has 0 aliphatic carbocycles. The fourth-order valence-electron chi connectivity index (χ4n) is 2.65. The Morgan fingerprint density at radius 3 is 2.80 bits per heavy atom. The molecule has 0 aromatic carbocycles. The average molecular weight is 283 g/mol. The summed E-state index contributed by atoms with van der Waals surface area (Å²) in [6.45, 7) is 7.52.